The largest absolute Gasteiger partial charge is 0.495 e. The third-order valence-corrected chi connectivity index (χ3v) is 2.99. The molecule has 0 saturated carbocycles. The van der Waals surface area contributed by atoms with Crippen molar-refractivity contribution in [1.29, 1.82) is 0 Å². The topological polar surface area (TPSA) is 39.1 Å². The minimum absolute atomic E-state index is 0.594. The molecule has 96 valence electrons. The van der Waals surface area contributed by atoms with Crippen LogP contribution < -0.4 is 10.1 Å². The second-order valence-electron chi connectivity index (χ2n) is 4.06. The second-order valence-corrected chi connectivity index (χ2v) is 4.46. The Balaban J connectivity index is 2.44. The van der Waals surface area contributed by atoms with Gasteiger partial charge in [0.1, 0.15) is 5.75 Å². The number of rotatable bonds is 4. The van der Waals surface area contributed by atoms with Gasteiger partial charge in [-0.3, -0.25) is 4.68 Å². The van der Waals surface area contributed by atoms with E-state index in [9.17, 15) is 0 Å². The standard InChI is InChI=1S/C13H16ClN3O/c1-15-7-10-8-17(2)16-13(10)9-4-5-12(18-3)11(14)6-9/h4-6,8,15H,7H2,1-3H3. The number of hydrogen-bond donors (Lipinski definition) is 1. The van der Waals surface area contributed by atoms with Gasteiger partial charge < -0.3 is 10.1 Å². The van der Waals surface area contributed by atoms with Crippen LogP contribution in [-0.2, 0) is 13.6 Å². The minimum atomic E-state index is 0.594. The van der Waals surface area contributed by atoms with E-state index < -0.39 is 0 Å². The fraction of sp³-hybridized carbons (Fsp3) is 0.308. The second kappa shape index (κ2) is 5.42. The molecule has 1 N–H and O–H groups in total. The summed E-state index contributed by atoms with van der Waals surface area (Å²) in [5.41, 5.74) is 3.07. The van der Waals surface area contributed by atoms with Crippen LogP contribution in [0.25, 0.3) is 11.3 Å². The molecule has 1 heterocycles. The number of nitrogens with one attached hydrogen (secondary N) is 1. The summed E-state index contributed by atoms with van der Waals surface area (Å²) >= 11 is 6.14. The Labute approximate surface area is 112 Å². The molecule has 0 aliphatic carbocycles. The van der Waals surface area contributed by atoms with E-state index in [0.29, 0.717) is 10.8 Å². The smallest absolute Gasteiger partial charge is 0.137 e. The van der Waals surface area contributed by atoms with Crippen molar-refractivity contribution in [2.24, 2.45) is 7.05 Å². The predicted octanol–water partition coefficient (Wildman–Crippen LogP) is 2.47. The van der Waals surface area contributed by atoms with E-state index in [4.69, 9.17) is 16.3 Å². The molecular formula is C13H16ClN3O. The third kappa shape index (κ3) is 2.49. The molecule has 4 nitrogen and oxygen atoms in total. The van der Waals surface area contributed by atoms with Crippen molar-refractivity contribution in [3.8, 4) is 17.0 Å². The predicted molar refractivity (Wildman–Crippen MR) is 73.0 cm³/mol. The van der Waals surface area contributed by atoms with Crippen molar-refractivity contribution in [3.05, 3.63) is 35.0 Å². The first kappa shape index (κ1) is 12.9. The number of halogens is 1. The highest BCUT2D eigenvalue weighted by Crippen LogP contribution is 2.30. The molecule has 5 heteroatoms. The van der Waals surface area contributed by atoms with Crippen LogP contribution in [-0.4, -0.2) is 23.9 Å². The van der Waals surface area contributed by atoms with E-state index in [1.165, 1.54) is 0 Å². The van der Waals surface area contributed by atoms with Crippen molar-refractivity contribution < 1.29 is 4.74 Å². The molecular weight excluding hydrogens is 250 g/mol. The Hall–Kier alpha value is -1.52. The van der Waals surface area contributed by atoms with Crippen LogP contribution in [0.2, 0.25) is 5.02 Å². The highest BCUT2D eigenvalue weighted by molar-refractivity contribution is 6.32. The maximum absolute atomic E-state index is 6.14. The lowest BCUT2D eigenvalue weighted by Crippen LogP contribution is -2.05. The van der Waals surface area contributed by atoms with E-state index in [1.807, 2.05) is 38.5 Å². The van der Waals surface area contributed by atoms with E-state index in [0.717, 1.165) is 23.4 Å². The van der Waals surface area contributed by atoms with Gasteiger partial charge in [-0.1, -0.05) is 11.6 Å². The molecule has 0 unspecified atom stereocenters. The molecule has 0 radical (unpaired) electrons. The van der Waals surface area contributed by atoms with E-state index >= 15 is 0 Å². The van der Waals surface area contributed by atoms with Gasteiger partial charge in [0.05, 0.1) is 17.8 Å². The van der Waals surface area contributed by atoms with Crippen molar-refractivity contribution in [2.75, 3.05) is 14.2 Å². The normalized spacial score (nSPS) is 10.7. The van der Waals surface area contributed by atoms with E-state index in [1.54, 1.807) is 11.8 Å². The van der Waals surface area contributed by atoms with Gasteiger partial charge in [0.15, 0.2) is 0 Å². The number of benzene rings is 1. The van der Waals surface area contributed by atoms with Crippen LogP contribution in [0.5, 0.6) is 5.75 Å². The number of aryl methyl sites for hydroxylation is 1. The molecule has 0 bridgehead atoms. The highest BCUT2D eigenvalue weighted by Gasteiger charge is 2.11. The molecule has 18 heavy (non-hydrogen) atoms. The summed E-state index contributed by atoms with van der Waals surface area (Å²) in [6.45, 7) is 0.771. The molecule has 2 rings (SSSR count). The van der Waals surface area contributed by atoms with Crippen LogP contribution in [0.1, 0.15) is 5.56 Å². The number of ether oxygens (including phenoxy) is 1. The Bertz CT molecular complexity index is 551. The first-order chi connectivity index (χ1) is 8.65. The maximum Gasteiger partial charge on any atom is 0.137 e. The summed E-state index contributed by atoms with van der Waals surface area (Å²) in [6, 6.07) is 5.70. The number of aromatic nitrogens is 2. The third-order valence-electron chi connectivity index (χ3n) is 2.70. The van der Waals surface area contributed by atoms with Gasteiger partial charge in [-0.2, -0.15) is 5.10 Å². The first-order valence-electron chi connectivity index (χ1n) is 5.66. The summed E-state index contributed by atoms with van der Waals surface area (Å²) in [5.74, 6) is 0.673. The molecule has 1 aromatic carbocycles. The van der Waals surface area contributed by atoms with Crippen LogP contribution in [0.4, 0.5) is 0 Å². The van der Waals surface area contributed by atoms with Crippen LogP contribution in [0.3, 0.4) is 0 Å². The summed E-state index contributed by atoms with van der Waals surface area (Å²) in [7, 11) is 5.43. The Morgan fingerprint density at radius 1 is 1.44 bits per heavy atom. The average molecular weight is 266 g/mol. The molecule has 1 aromatic heterocycles. The van der Waals surface area contributed by atoms with Crippen molar-refractivity contribution >= 4 is 11.6 Å². The molecule has 0 fully saturated rings. The van der Waals surface area contributed by atoms with Gasteiger partial charge in [0, 0.05) is 30.9 Å². The van der Waals surface area contributed by atoms with Gasteiger partial charge >= 0.3 is 0 Å². The molecule has 0 amide bonds. The fourth-order valence-corrected chi connectivity index (χ4v) is 2.17. The lowest BCUT2D eigenvalue weighted by molar-refractivity contribution is 0.415. The van der Waals surface area contributed by atoms with E-state index in [2.05, 4.69) is 10.4 Å². The summed E-state index contributed by atoms with van der Waals surface area (Å²) in [5, 5.41) is 8.20. The van der Waals surface area contributed by atoms with Gasteiger partial charge in [0.2, 0.25) is 0 Å². The van der Waals surface area contributed by atoms with Gasteiger partial charge in [0.25, 0.3) is 0 Å². The molecule has 0 atom stereocenters. The maximum atomic E-state index is 6.14. The van der Waals surface area contributed by atoms with Crippen LogP contribution in [0.15, 0.2) is 24.4 Å². The molecule has 0 aliphatic rings. The van der Waals surface area contributed by atoms with Gasteiger partial charge in [-0.05, 0) is 25.2 Å². The van der Waals surface area contributed by atoms with Crippen molar-refractivity contribution in [1.82, 2.24) is 15.1 Å². The lowest BCUT2D eigenvalue weighted by Gasteiger charge is -2.06. The summed E-state index contributed by atoms with van der Waals surface area (Å²) in [6.07, 6.45) is 2.00. The van der Waals surface area contributed by atoms with Crippen LogP contribution in [0, 0.1) is 0 Å². The van der Waals surface area contributed by atoms with E-state index in [-0.39, 0.29) is 0 Å². The minimum Gasteiger partial charge on any atom is -0.495 e. The van der Waals surface area contributed by atoms with Crippen LogP contribution >= 0.6 is 11.6 Å². The molecule has 2 aromatic rings. The fourth-order valence-electron chi connectivity index (χ4n) is 1.91. The Morgan fingerprint density at radius 3 is 2.83 bits per heavy atom. The Kier molecular flexibility index (Phi) is 3.89. The van der Waals surface area contributed by atoms with Crippen molar-refractivity contribution in [2.45, 2.75) is 6.54 Å². The highest BCUT2D eigenvalue weighted by atomic mass is 35.5. The molecule has 0 saturated heterocycles. The quantitative estimate of drug-likeness (QED) is 0.923. The number of hydrogen-bond acceptors (Lipinski definition) is 3. The lowest BCUT2D eigenvalue weighted by atomic mass is 10.1. The molecule has 0 spiro atoms. The zero-order valence-electron chi connectivity index (χ0n) is 10.7. The average Bonchev–Trinajstić information content (AvgIpc) is 2.71. The summed E-state index contributed by atoms with van der Waals surface area (Å²) in [4.78, 5) is 0. The number of methoxy groups -OCH3 is 1. The van der Waals surface area contributed by atoms with Crippen molar-refractivity contribution in [3.63, 3.8) is 0 Å². The van der Waals surface area contributed by atoms with Gasteiger partial charge in [-0.25, -0.2) is 0 Å². The monoisotopic (exact) mass is 265 g/mol. The first-order valence-corrected chi connectivity index (χ1v) is 6.04. The SMILES string of the molecule is CNCc1cn(C)nc1-c1ccc(OC)c(Cl)c1. The number of nitrogens with zero attached hydrogens (tertiary/aromatic N) is 2. The summed E-state index contributed by atoms with van der Waals surface area (Å²) < 4.78 is 6.95. The Morgan fingerprint density at radius 2 is 2.22 bits per heavy atom. The zero-order chi connectivity index (χ0) is 13.1. The van der Waals surface area contributed by atoms with Gasteiger partial charge in [-0.15, -0.1) is 0 Å². The zero-order valence-corrected chi connectivity index (χ0v) is 11.5. The molecule has 0 aliphatic heterocycles.